The average Bonchev–Trinajstić information content (AvgIpc) is 2.60. The maximum Gasteiger partial charge on any atom is 0.234 e. The van der Waals surface area contributed by atoms with Crippen LogP contribution in [-0.2, 0) is 11.3 Å². The van der Waals surface area contributed by atoms with Gasteiger partial charge in [0, 0.05) is 48.8 Å². The number of carbonyl (C=O) groups excluding carboxylic acids is 1. The first kappa shape index (κ1) is 25.1. The number of amides is 1. The second kappa shape index (κ2) is 12.6. The highest BCUT2D eigenvalue weighted by molar-refractivity contribution is 14.0. The molecule has 1 aliphatic heterocycles. The Balaban J connectivity index is 0.00000392. The first-order chi connectivity index (χ1) is 12.9. The third kappa shape index (κ3) is 8.20. The number of hydrogen-bond donors (Lipinski definition) is 2. The van der Waals surface area contributed by atoms with Crippen molar-refractivity contribution in [1.82, 2.24) is 20.4 Å². The number of hydrogen-bond acceptors (Lipinski definition) is 3. The highest BCUT2D eigenvalue weighted by atomic mass is 127. The van der Waals surface area contributed by atoms with Crippen molar-refractivity contribution in [3.8, 4) is 0 Å². The molecular formula is C19H30BrFIN5O. The van der Waals surface area contributed by atoms with Crippen LogP contribution in [-0.4, -0.2) is 67.0 Å². The lowest BCUT2D eigenvalue weighted by Crippen LogP contribution is -2.54. The largest absolute Gasteiger partial charge is 0.357 e. The maximum atomic E-state index is 14.0. The molecular weight excluding hydrogens is 540 g/mol. The van der Waals surface area contributed by atoms with E-state index in [1.54, 1.807) is 6.07 Å². The van der Waals surface area contributed by atoms with E-state index in [4.69, 9.17) is 0 Å². The Morgan fingerprint density at radius 1 is 1.29 bits per heavy atom. The zero-order valence-corrected chi connectivity index (χ0v) is 20.6. The van der Waals surface area contributed by atoms with Gasteiger partial charge in [0.15, 0.2) is 5.96 Å². The number of carbonyl (C=O) groups is 1. The van der Waals surface area contributed by atoms with Gasteiger partial charge in [0.25, 0.3) is 0 Å². The second-order valence-corrected chi connectivity index (χ2v) is 7.81. The lowest BCUT2D eigenvalue weighted by molar-refractivity contribution is -0.123. The number of piperazine rings is 1. The topological polar surface area (TPSA) is 60.0 Å². The summed E-state index contributed by atoms with van der Waals surface area (Å²) in [6.45, 7) is 10.5. The summed E-state index contributed by atoms with van der Waals surface area (Å²) < 4.78 is 14.7. The summed E-state index contributed by atoms with van der Waals surface area (Å²) in [5, 5.41) is 6.20. The van der Waals surface area contributed by atoms with Crippen molar-refractivity contribution in [3.05, 3.63) is 34.1 Å². The first-order valence-electron chi connectivity index (χ1n) is 9.38. The predicted molar refractivity (Wildman–Crippen MR) is 126 cm³/mol. The Kier molecular flexibility index (Phi) is 11.3. The average molecular weight is 570 g/mol. The zero-order valence-electron chi connectivity index (χ0n) is 16.7. The fourth-order valence-electron chi connectivity index (χ4n) is 2.92. The number of rotatable bonds is 6. The minimum absolute atomic E-state index is 0. The Bertz CT molecular complexity index is 666. The molecule has 0 atom stereocenters. The van der Waals surface area contributed by atoms with Gasteiger partial charge in [0.05, 0.1) is 13.1 Å². The van der Waals surface area contributed by atoms with Crippen molar-refractivity contribution in [2.45, 2.75) is 33.4 Å². The molecule has 28 heavy (non-hydrogen) atoms. The fourth-order valence-corrected chi connectivity index (χ4v) is 3.26. The molecule has 0 aromatic heterocycles. The molecule has 158 valence electrons. The Morgan fingerprint density at radius 3 is 2.54 bits per heavy atom. The van der Waals surface area contributed by atoms with Gasteiger partial charge in [-0.1, -0.05) is 22.0 Å². The molecule has 0 unspecified atom stereocenters. The van der Waals surface area contributed by atoms with Crippen molar-refractivity contribution < 1.29 is 9.18 Å². The highest BCUT2D eigenvalue weighted by Crippen LogP contribution is 2.16. The molecule has 1 heterocycles. The number of nitrogens with zero attached hydrogens (tertiary/aromatic N) is 3. The monoisotopic (exact) mass is 569 g/mol. The van der Waals surface area contributed by atoms with E-state index in [9.17, 15) is 9.18 Å². The Labute approximate surface area is 192 Å². The quantitative estimate of drug-likeness (QED) is 0.314. The van der Waals surface area contributed by atoms with E-state index in [2.05, 4.69) is 41.4 Å². The SMILES string of the molecule is CCNC(=NCc1ccc(Br)cc1F)N1CCN(CC(=O)NC(C)C)CC1.I. The molecule has 1 aliphatic rings. The zero-order chi connectivity index (χ0) is 19.8. The van der Waals surface area contributed by atoms with E-state index in [-0.39, 0.29) is 41.7 Å². The van der Waals surface area contributed by atoms with Crippen LogP contribution in [0.5, 0.6) is 0 Å². The van der Waals surface area contributed by atoms with Crippen LogP contribution in [0.3, 0.4) is 0 Å². The number of nitrogens with one attached hydrogen (secondary N) is 2. The van der Waals surface area contributed by atoms with Crippen LogP contribution in [0.15, 0.2) is 27.7 Å². The Hall–Kier alpha value is -0.940. The number of guanidine groups is 1. The van der Waals surface area contributed by atoms with Gasteiger partial charge in [0.1, 0.15) is 5.82 Å². The first-order valence-corrected chi connectivity index (χ1v) is 10.2. The highest BCUT2D eigenvalue weighted by Gasteiger charge is 2.21. The standard InChI is InChI=1S/C19H29BrFN5O.HI/c1-4-22-19(23-12-15-5-6-16(20)11-17(15)21)26-9-7-25(8-10-26)13-18(27)24-14(2)3;/h5-6,11,14H,4,7-10,12-13H2,1-3H3,(H,22,23)(H,24,27);1H. The Morgan fingerprint density at radius 2 is 1.96 bits per heavy atom. The summed E-state index contributed by atoms with van der Waals surface area (Å²) in [4.78, 5) is 20.8. The van der Waals surface area contributed by atoms with Crippen LogP contribution in [0.1, 0.15) is 26.3 Å². The molecule has 0 radical (unpaired) electrons. The minimum atomic E-state index is -0.259. The van der Waals surface area contributed by atoms with E-state index in [1.165, 1.54) is 6.07 Å². The fraction of sp³-hybridized carbons (Fsp3) is 0.579. The van der Waals surface area contributed by atoms with Crippen molar-refractivity contribution in [3.63, 3.8) is 0 Å². The van der Waals surface area contributed by atoms with Crippen LogP contribution >= 0.6 is 39.9 Å². The molecule has 2 N–H and O–H groups in total. The summed E-state index contributed by atoms with van der Waals surface area (Å²) in [6.07, 6.45) is 0. The lowest BCUT2D eigenvalue weighted by atomic mass is 10.2. The molecule has 0 aliphatic carbocycles. The molecule has 1 amide bonds. The van der Waals surface area contributed by atoms with Crippen molar-refractivity contribution in [1.29, 1.82) is 0 Å². The number of aliphatic imine (C=N–C) groups is 1. The molecule has 0 saturated carbocycles. The van der Waals surface area contributed by atoms with Gasteiger partial charge in [-0.05, 0) is 32.9 Å². The van der Waals surface area contributed by atoms with Crippen LogP contribution in [0.4, 0.5) is 4.39 Å². The third-order valence-electron chi connectivity index (χ3n) is 4.24. The normalized spacial score (nSPS) is 15.4. The molecule has 0 bridgehead atoms. The van der Waals surface area contributed by atoms with E-state index < -0.39 is 0 Å². The second-order valence-electron chi connectivity index (χ2n) is 6.89. The number of halogens is 3. The predicted octanol–water partition coefficient (Wildman–Crippen LogP) is 2.81. The van der Waals surface area contributed by atoms with Crippen molar-refractivity contribution in [2.75, 3.05) is 39.3 Å². The molecule has 6 nitrogen and oxygen atoms in total. The molecule has 1 aromatic rings. The van der Waals surface area contributed by atoms with Crippen LogP contribution in [0.2, 0.25) is 0 Å². The lowest BCUT2D eigenvalue weighted by Gasteiger charge is -2.36. The van der Waals surface area contributed by atoms with Crippen LogP contribution < -0.4 is 10.6 Å². The van der Waals surface area contributed by atoms with E-state index in [0.717, 1.165) is 43.2 Å². The van der Waals surface area contributed by atoms with Gasteiger partial charge in [-0.3, -0.25) is 9.69 Å². The summed E-state index contributed by atoms with van der Waals surface area (Å²) in [5.74, 6) is 0.584. The van der Waals surface area contributed by atoms with Gasteiger partial charge in [0.2, 0.25) is 5.91 Å². The van der Waals surface area contributed by atoms with E-state index in [0.29, 0.717) is 18.7 Å². The van der Waals surface area contributed by atoms with Gasteiger partial charge in [-0.25, -0.2) is 9.38 Å². The van der Waals surface area contributed by atoms with Gasteiger partial charge < -0.3 is 15.5 Å². The van der Waals surface area contributed by atoms with Crippen LogP contribution in [0.25, 0.3) is 0 Å². The van der Waals surface area contributed by atoms with Gasteiger partial charge in [-0.2, -0.15) is 0 Å². The van der Waals surface area contributed by atoms with Crippen molar-refractivity contribution in [2.24, 2.45) is 4.99 Å². The third-order valence-corrected chi connectivity index (χ3v) is 4.73. The molecule has 1 saturated heterocycles. The van der Waals surface area contributed by atoms with Gasteiger partial charge >= 0.3 is 0 Å². The van der Waals surface area contributed by atoms with E-state index >= 15 is 0 Å². The maximum absolute atomic E-state index is 14.0. The smallest absolute Gasteiger partial charge is 0.234 e. The summed E-state index contributed by atoms with van der Waals surface area (Å²) >= 11 is 3.27. The summed E-state index contributed by atoms with van der Waals surface area (Å²) in [7, 11) is 0. The van der Waals surface area contributed by atoms with Gasteiger partial charge in [-0.15, -0.1) is 24.0 Å². The molecule has 2 rings (SSSR count). The summed E-state index contributed by atoms with van der Waals surface area (Å²) in [5.41, 5.74) is 0.567. The van der Waals surface area contributed by atoms with E-state index in [1.807, 2.05) is 26.8 Å². The van der Waals surface area contributed by atoms with Crippen LogP contribution in [0, 0.1) is 5.82 Å². The molecule has 0 spiro atoms. The molecule has 9 heteroatoms. The summed E-state index contributed by atoms with van der Waals surface area (Å²) in [6, 6.07) is 5.18. The molecule has 1 aromatic carbocycles. The molecule has 1 fully saturated rings. The van der Waals surface area contributed by atoms with Crippen molar-refractivity contribution >= 4 is 51.8 Å². The number of benzene rings is 1. The minimum Gasteiger partial charge on any atom is -0.357 e.